The molecule has 2 atom stereocenters. The lowest BCUT2D eigenvalue weighted by Gasteiger charge is -2.37. The van der Waals surface area contributed by atoms with Crippen LogP contribution in [0, 0.1) is 5.92 Å². The minimum Gasteiger partial charge on any atom is -0.329 e. The second-order valence-electron chi connectivity index (χ2n) is 4.69. The van der Waals surface area contributed by atoms with Crippen molar-refractivity contribution in [3.8, 4) is 0 Å². The maximum absolute atomic E-state index is 5.84. The van der Waals surface area contributed by atoms with E-state index < -0.39 is 0 Å². The van der Waals surface area contributed by atoms with Crippen LogP contribution in [0.15, 0.2) is 18.6 Å². The second-order valence-corrected chi connectivity index (χ2v) is 4.69. The van der Waals surface area contributed by atoms with Crippen molar-refractivity contribution in [1.82, 2.24) is 14.9 Å². The van der Waals surface area contributed by atoms with E-state index in [9.17, 15) is 0 Å². The first kappa shape index (κ1) is 11.5. The van der Waals surface area contributed by atoms with Gasteiger partial charge in [-0.2, -0.15) is 0 Å². The molecular weight excluding hydrogens is 200 g/mol. The summed E-state index contributed by atoms with van der Waals surface area (Å²) in [6.07, 6.45) is 5.88. The third-order valence-electron chi connectivity index (χ3n) is 3.38. The molecule has 0 aromatic carbocycles. The molecule has 16 heavy (non-hydrogen) atoms. The number of nitrogens with zero attached hydrogens (tertiary/aromatic N) is 3. The van der Waals surface area contributed by atoms with Crippen LogP contribution in [-0.2, 0) is 6.54 Å². The molecule has 2 N–H and O–H groups in total. The van der Waals surface area contributed by atoms with E-state index in [0.29, 0.717) is 6.04 Å². The SMILES string of the molecule is CC1CCN(Cc2ccncn2)C(CN)C1. The van der Waals surface area contributed by atoms with Gasteiger partial charge in [0.05, 0.1) is 5.69 Å². The minimum absolute atomic E-state index is 0.513. The largest absolute Gasteiger partial charge is 0.329 e. The van der Waals surface area contributed by atoms with E-state index in [1.165, 1.54) is 12.8 Å². The van der Waals surface area contributed by atoms with Gasteiger partial charge in [0.15, 0.2) is 0 Å². The van der Waals surface area contributed by atoms with Crippen LogP contribution in [0.4, 0.5) is 0 Å². The smallest absolute Gasteiger partial charge is 0.115 e. The van der Waals surface area contributed by atoms with E-state index in [0.717, 1.165) is 31.2 Å². The Kier molecular flexibility index (Phi) is 3.85. The number of hydrogen-bond donors (Lipinski definition) is 1. The van der Waals surface area contributed by atoms with E-state index in [1.807, 2.05) is 6.07 Å². The maximum atomic E-state index is 5.84. The molecule has 1 fully saturated rings. The van der Waals surface area contributed by atoms with Gasteiger partial charge in [0.2, 0.25) is 0 Å². The summed E-state index contributed by atoms with van der Waals surface area (Å²) in [5.41, 5.74) is 6.92. The number of piperidine rings is 1. The Bertz CT molecular complexity index is 314. The second kappa shape index (κ2) is 5.37. The third kappa shape index (κ3) is 2.77. The molecule has 4 heteroatoms. The molecule has 1 aromatic heterocycles. The number of hydrogen-bond acceptors (Lipinski definition) is 4. The van der Waals surface area contributed by atoms with E-state index in [4.69, 9.17) is 5.73 Å². The summed E-state index contributed by atoms with van der Waals surface area (Å²) < 4.78 is 0. The Balaban J connectivity index is 1.98. The minimum atomic E-state index is 0.513. The van der Waals surface area contributed by atoms with E-state index in [2.05, 4.69) is 21.8 Å². The standard InChI is InChI=1S/C12H20N4/c1-10-3-5-16(12(6-10)7-13)8-11-2-4-14-9-15-11/h2,4,9-10,12H,3,5-8,13H2,1H3. The molecule has 0 spiro atoms. The molecule has 0 saturated carbocycles. The van der Waals surface area contributed by atoms with Crippen molar-refractivity contribution in [2.24, 2.45) is 11.7 Å². The zero-order valence-corrected chi connectivity index (χ0v) is 9.84. The number of nitrogens with two attached hydrogens (primary N) is 1. The zero-order chi connectivity index (χ0) is 11.4. The summed E-state index contributed by atoms with van der Waals surface area (Å²) in [7, 11) is 0. The molecule has 2 unspecified atom stereocenters. The van der Waals surface area contributed by atoms with Gasteiger partial charge in [0, 0.05) is 25.3 Å². The highest BCUT2D eigenvalue weighted by Crippen LogP contribution is 2.22. The molecule has 2 rings (SSSR count). The van der Waals surface area contributed by atoms with Crippen molar-refractivity contribution in [2.45, 2.75) is 32.4 Å². The topological polar surface area (TPSA) is 55.0 Å². The molecule has 0 bridgehead atoms. The van der Waals surface area contributed by atoms with Crippen molar-refractivity contribution in [3.63, 3.8) is 0 Å². The first-order chi connectivity index (χ1) is 7.79. The molecule has 1 aromatic rings. The van der Waals surface area contributed by atoms with Crippen LogP contribution in [0.2, 0.25) is 0 Å². The van der Waals surface area contributed by atoms with Gasteiger partial charge in [-0.15, -0.1) is 0 Å². The summed E-state index contributed by atoms with van der Waals surface area (Å²) in [4.78, 5) is 10.6. The highest BCUT2D eigenvalue weighted by molar-refractivity contribution is 4.98. The van der Waals surface area contributed by atoms with E-state index >= 15 is 0 Å². The number of rotatable bonds is 3. The molecule has 0 radical (unpaired) electrons. The average Bonchev–Trinajstić information content (AvgIpc) is 2.33. The predicted octanol–water partition coefficient (Wildman–Crippen LogP) is 1.04. The zero-order valence-electron chi connectivity index (χ0n) is 9.84. The average molecular weight is 220 g/mol. The fourth-order valence-corrected chi connectivity index (χ4v) is 2.37. The molecule has 1 saturated heterocycles. The molecule has 0 amide bonds. The Hall–Kier alpha value is -1.00. The lowest BCUT2D eigenvalue weighted by atomic mass is 9.92. The Labute approximate surface area is 96.9 Å². The fraction of sp³-hybridized carbons (Fsp3) is 0.667. The fourth-order valence-electron chi connectivity index (χ4n) is 2.37. The van der Waals surface area contributed by atoms with Crippen LogP contribution in [0.5, 0.6) is 0 Å². The van der Waals surface area contributed by atoms with E-state index in [-0.39, 0.29) is 0 Å². The lowest BCUT2D eigenvalue weighted by Crippen LogP contribution is -2.45. The van der Waals surface area contributed by atoms with Crippen LogP contribution < -0.4 is 5.73 Å². The predicted molar refractivity (Wildman–Crippen MR) is 63.7 cm³/mol. The Morgan fingerprint density at radius 3 is 3.12 bits per heavy atom. The molecule has 1 aliphatic heterocycles. The highest BCUT2D eigenvalue weighted by Gasteiger charge is 2.25. The molecule has 2 heterocycles. The van der Waals surface area contributed by atoms with Crippen LogP contribution in [0.3, 0.4) is 0 Å². The van der Waals surface area contributed by atoms with Gasteiger partial charge in [0.25, 0.3) is 0 Å². The normalized spacial score (nSPS) is 26.9. The van der Waals surface area contributed by atoms with Gasteiger partial charge < -0.3 is 5.73 Å². The van der Waals surface area contributed by atoms with Gasteiger partial charge >= 0.3 is 0 Å². The first-order valence-corrected chi connectivity index (χ1v) is 5.98. The molecule has 1 aliphatic rings. The molecular formula is C12H20N4. The Morgan fingerprint density at radius 1 is 1.56 bits per heavy atom. The van der Waals surface area contributed by atoms with Gasteiger partial charge in [-0.05, 0) is 31.4 Å². The summed E-state index contributed by atoms with van der Waals surface area (Å²) in [5, 5.41) is 0. The summed E-state index contributed by atoms with van der Waals surface area (Å²) >= 11 is 0. The number of likely N-dealkylation sites (tertiary alicyclic amines) is 1. The van der Waals surface area contributed by atoms with Crippen LogP contribution >= 0.6 is 0 Å². The maximum Gasteiger partial charge on any atom is 0.115 e. The van der Waals surface area contributed by atoms with E-state index in [1.54, 1.807) is 12.5 Å². The summed E-state index contributed by atoms with van der Waals surface area (Å²) in [6, 6.07) is 2.49. The molecule has 4 nitrogen and oxygen atoms in total. The first-order valence-electron chi connectivity index (χ1n) is 5.98. The van der Waals surface area contributed by atoms with Crippen molar-refractivity contribution in [3.05, 3.63) is 24.3 Å². The number of aromatic nitrogens is 2. The van der Waals surface area contributed by atoms with Gasteiger partial charge in [-0.1, -0.05) is 6.92 Å². The van der Waals surface area contributed by atoms with Gasteiger partial charge in [0.1, 0.15) is 6.33 Å². The van der Waals surface area contributed by atoms with Crippen LogP contribution in [0.1, 0.15) is 25.5 Å². The lowest BCUT2D eigenvalue weighted by molar-refractivity contribution is 0.114. The molecule has 88 valence electrons. The summed E-state index contributed by atoms with van der Waals surface area (Å²) in [6.45, 7) is 5.09. The van der Waals surface area contributed by atoms with Gasteiger partial charge in [-0.3, -0.25) is 4.90 Å². The summed E-state index contributed by atoms with van der Waals surface area (Å²) in [5.74, 6) is 0.801. The van der Waals surface area contributed by atoms with Crippen LogP contribution in [0.25, 0.3) is 0 Å². The highest BCUT2D eigenvalue weighted by atomic mass is 15.2. The van der Waals surface area contributed by atoms with Crippen molar-refractivity contribution < 1.29 is 0 Å². The van der Waals surface area contributed by atoms with Crippen molar-refractivity contribution in [2.75, 3.05) is 13.1 Å². The Morgan fingerprint density at radius 2 is 2.44 bits per heavy atom. The van der Waals surface area contributed by atoms with Crippen LogP contribution in [-0.4, -0.2) is 34.0 Å². The van der Waals surface area contributed by atoms with Gasteiger partial charge in [-0.25, -0.2) is 9.97 Å². The van der Waals surface area contributed by atoms with Crippen molar-refractivity contribution in [1.29, 1.82) is 0 Å². The third-order valence-corrected chi connectivity index (χ3v) is 3.38. The monoisotopic (exact) mass is 220 g/mol. The molecule has 0 aliphatic carbocycles. The van der Waals surface area contributed by atoms with Crippen molar-refractivity contribution >= 4 is 0 Å². The quantitative estimate of drug-likeness (QED) is 0.827.